The quantitative estimate of drug-likeness (QED) is 0.933. The van der Waals surface area contributed by atoms with Crippen molar-refractivity contribution in [1.82, 2.24) is 10.2 Å². The maximum atomic E-state index is 6.16. The summed E-state index contributed by atoms with van der Waals surface area (Å²) in [7, 11) is 0. The molecule has 1 aliphatic heterocycles. The summed E-state index contributed by atoms with van der Waals surface area (Å²) in [4.78, 5) is 3.93. The molecule has 1 fully saturated rings. The van der Waals surface area contributed by atoms with E-state index in [-0.39, 0.29) is 0 Å². The fourth-order valence-corrected chi connectivity index (χ4v) is 3.70. The van der Waals surface area contributed by atoms with Crippen LogP contribution in [0.2, 0.25) is 5.02 Å². The molecule has 0 spiro atoms. The lowest BCUT2D eigenvalue weighted by atomic mass is 10.0. The van der Waals surface area contributed by atoms with Gasteiger partial charge in [0.05, 0.1) is 6.04 Å². The largest absolute Gasteiger partial charge is 0.314 e. The molecule has 19 heavy (non-hydrogen) atoms. The summed E-state index contributed by atoms with van der Waals surface area (Å²) in [5.74, 6) is 0. The third kappa shape index (κ3) is 3.00. The zero-order chi connectivity index (χ0) is 13.1. The number of thiophene rings is 1. The van der Waals surface area contributed by atoms with Gasteiger partial charge in [-0.15, -0.1) is 11.3 Å². The Hall–Kier alpha value is -0.870. The minimum Gasteiger partial charge on any atom is -0.314 e. The number of benzene rings is 1. The second-order valence-corrected chi connectivity index (χ2v) is 6.17. The highest BCUT2D eigenvalue weighted by molar-refractivity contribution is 7.10. The zero-order valence-corrected chi connectivity index (χ0v) is 12.3. The second kappa shape index (κ2) is 6.06. The van der Waals surface area contributed by atoms with Gasteiger partial charge in [0.25, 0.3) is 0 Å². The first-order valence-electron chi connectivity index (χ1n) is 6.58. The molecule has 100 valence electrons. The molecular formula is C15H17ClN2S. The smallest absolute Gasteiger partial charge is 0.0697 e. The molecule has 3 rings (SSSR count). The molecule has 2 nitrogen and oxygen atoms in total. The van der Waals surface area contributed by atoms with E-state index in [9.17, 15) is 0 Å². The highest BCUT2D eigenvalue weighted by atomic mass is 35.5. The summed E-state index contributed by atoms with van der Waals surface area (Å²) in [5.41, 5.74) is 1.29. The van der Waals surface area contributed by atoms with E-state index in [0.29, 0.717) is 6.04 Å². The average molecular weight is 293 g/mol. The van der Waals surface area contributed by atoms with Crippen LogP contribution in [0.3, 0.4) is 0 Å². The Bertz CT molecular complexity index is 521. The van der Waals surface area contributed by atoms with Crippen LogP contribution in [-0.2, 0) is 0 Å². The first-order valence-corrected chi connectivity index (χ1v) is 7.84. The molecule has 1 saturated heterocycles. The molecule has 2 heterocycles. The standard InChI is InChI=1S/C15H17ClN2S/c16-13-4-1-3-12(11-13)15(14-5-2-10-19-14)18-8-6-17-7-9-18/h1-5,10-11,15,17H,6-9H2/t15-/m0/s1. The van der Waals surface area contributed by atoms with Crippen molar-refractivity contribution >= 4 is 22.9 Å². The van der Waals surface area contributed by atoms with Gasteiger partial charge in [-0.1, -0.05) is 29.8 Å². The fraction of sp³-hybridized carbons (Fsp3) is 0.333. The summed E-state index contributed by atoms with van der Waals surface area (Å²) >= 11 is 7.98. The van der Waals surface area contributed by atoms with Gasteiger partial charge in [0.15, 0.2) is 0 Å². The van der Waals surface area contributed by atoms with Crippen molar-refractivity contribution in [3.05, 3.63) is 57.2 Å². The van der Waals surface area contributed by atoms with Crippen LogP contribution in [0.4, 0.5) is 0 Å². The second-order valence-electron chi connectivity index (χ2n) is 4.76. The molecule has 1 aromatic heterocycles. The Morgan fingerprint density at radius 2 is 2.00 bits per heavy atom. The van der Waals surface area contributed by atoms with Crippen LogP contribution in [0.5, 0.6) is 0 Å². The Kier molecular flexibility index (Phi) is 4.18. The van der Waals surface area contributed by atoms with Crippen molar-refractivity contribution in [2.45, 2.75) is 6.04 Å². The number of piperazine rings is 1. The van der Waals surface area contributed by atoms with Gasteiger partial charge in [0.1, 0.15) is 0 Å². The molecule has 1 aromatic carbocycles. The molecule has 2 aromatic rings. The number of hydrogen-bond acceptors (Lipinski definition) is 3. The first-order chi connectivity index (χ1) is 9.34. The monoisotopic (exact) mass is 292 g/mol. The zero-order valence-electron chi connectivity index (χ0n) is 10.7. The minimum absolute atomic E-state index is 0.334. The van der Waals surface area contributed by atoms with Gasteiger partial charge in [-0.2, -0.15) is 0 Å². The molecule has 0 bridgehead atoms. The summed E-state index contributed by atoms with van der Waals surface area (Å²) < 4.78 is 0. The van der Waals surface area contributed by atoms with Crippen LogP contribution in [0.25, 0.3) is 0 Å². The van der Waals surface area contributed by atoms with Crippen molar-refractivity contribution in [3.8, 4) is 0 Å². The van der Waals surface area contributed by atoms with Gasteiger partial charge in [0.2, 0.25) is 0 Å². The summed E-state index contributed by atoms with van der Waals surface area (Å²) in [6.45, 7) is 4.27. The summed E-state index contributed by atoms with van der Waals surface area (Å²) in [5, 5.41) is 6.38. The Balaban J connectivity index is 1.96. The number of nitrogens with one attached hydrogen (secondary N) is 1. The lowest BCUT2D eigenvalue weighted by Crippen LogP contribution is -2.45. The van der Waals surface area contributed by atoms with E-state index in [2.05, 4.69) is 39.9 Å². The number of hydrogen-bond donors (Lipinski definition) is 1. The highest BCUT2D eigenvalue weighted by Crippen LogP contribution is 2.32. The highest BCUT2D eigenvalue weighted by Gasteiger charge is 2.24. The maximum absolute atomic E-state index is 6.16. The SMILES string of the molecule is Clc1cccc([C@@H](c2cccs2)N2CCNCC2)c1. The molecule has 1 aliphatic rings. The van der Waals surface area contributed by atoms with Gasteiger partial charge in [-0.05, 0) is 29.1 Å². The van der Waals surface area contributed by atoms with Crippen LogP contribution in [0.15, 0.2) is 41.8 Å². The molecule has 0 amide bonds. The van der Waals surface area contributed by atoms with Crippen LogP contribution >= 0.6 is 22.9 Å². The minimum atomic E-state index is 0.334. The molecule has 4 heteroatoms. The van der Waals surface area contributed by atoms with Crippen molar-refractivity contribution in [1.29, 1.82) is 0 Å². The molecule has 0 radical (unpaired) electrons. The molecule has 1 N–H and O–H groups in total. The van der Waals surface area contributed by atoms with Gasteiger partial charge >= 0.3 is 0 Å². The lowest BCUT2D eigenvalue weighted by molar-refractivity contribution is 0.200. The number of halogens is 1. The topological polar surface area (TPSA) is 15.3 Å². The van der Waals surface area contributed by atoms with Gasteiger partial charge in [-0.25, -0.2) is 0 Å². The lowest BCUT2D eigenvalue weighted by Gasteiger charge is -2.34. The predicted octanol–water partition coefficient (Wildman–Crippen LogP) is 3.40. The Labute approximate surface area is 123 Å². The van der Waals surface area contributed by atoms with E-state index < -0.39 is 0 Å². The average Bonchev–Trinajstić information content (AvgIpc) is 2.94. The summed E-state index contributed by atoms with van der Waals surface area (Å²) in [6.07, 6.45) is 0. The number of rotatable bonds is 3. The molecule has 0 aliphatic carbocycles. The molecule has 0 saturated carbocycles. The normalized spacial score (nSPS) is 18.4. The Morgan fingerprint density at radius 1 is 1.16 bits per heavy atom. The third-order valence-electron chi connectivity index (χ3n) is 3.49. The van der Waals surface area contributed by atoms with Crippen LogP contribution < -0.4 is 5.32 Å². The van der Waals surface area contributed by atoms with Gasteiger partial charge < -0.3 is 5.32 Å². The van der Waals surface area contributed by atoms with E-state index in [1.807, 2.05) is 23.5 Å². The van der Waals surface area contributed by atoms with Crippen LogP contribution in [0.1, 0.15) is 16.5 Å². The maximum Gasteiger partial charge on any atom is 0.0697 e. The van der Waals surface area contributed by atoms with Crippen molar-refractivity contribution in [3.63, 3.8) is 0 Å². The van der Waals surface area contributed by atoms with E-state index in [0.717, 1.165) is 31.2 Å². The Morgan fingerprint density at radius 3 is 2.68 bits per heavy atom. The molecule has 1 atom stereocenters. The first kappa shape index (κ1) is 13.1. The van der Waals surface area contributed by atoms with Crippen molar-refractivity contribution in [2.75, 3.05) is 26.2 Å². The van der Waals surface area contributed by atoms with Gasteiger partial charge in [-0.3, -0.25) is 4.90 Å². The predicted molar refractivity (Wildman–Crippen MR) is 82.1 cm³/mol. The van der Waals surface area contributed by atoms with Gasteiger partial charge in [0, 0.05) is 36.1 Å². The number of nitrogens with zero attached hydrogens (tertiary/aromatic N) is 1. The van der Waals surface area contributed by atoms with Crippen LogP contribution in [0, 0.1) is 0 Å². The molecular weight excluding hydrogens is 276 g/mol. The van der Waals surface area contributed by atoms with Crippen molar-refractivity contribution < 1.29 is 0 Å². The summed E-state index contributed by atoms with van der Waals surface area (Å²) in [6, 6.07) is 12.9. The van der Waals surface area contributed by atoms with E-state index in [4.69, 9.17) is 11.6 Å². The van der Waals surface area contributed by atoms with Crippen molar-refractivity contribution in [2.24, 2.45) is 0 Å². The molecule has 0 unspecified atom stereocenters. The van der Waals surface area contributed by atoms with E-state index >= 15 is 0 Å². The fourth-order valence-electron chi connectivity index (χ4n) is 2.62. The van der Waals surface area contributed by atoms with Crippen LogP contribution in [-0.4, -0.2) is 31.1 Å². The van der Waals surface area contributed by atoms with E-state index in [1.165, 1.54) is 10.4 Å². The third-order valence-corrected chi connectivity index (χ3v) is 4.65. The van der Waals surface area contributed by atoms with E-state index in [1.54, 1.807) is 0 Å².